The van der Waals surface area contributed by atoms with E-state index in [-0.39, 0.29) is 24.8 Å². The van der Waals surface area contributed by atoms with Crippen LogP contribution >= 0.6 is 0 Å². The summed E-state index contributed by atoms with van der Waals surface area (Å²) in [6, 6.07) is 13.5. The molecule has 2 aromatic carbocycles. The summed E-state index contributed by atoms with van der Waals surface area (Å²) in [4.78, 5) is 12.2. The zero-order valence-electron chi connectivity index (χ0n) is 14.9. The first-order chi connectivity index (χ1) is 12.3. The third-order valence-electron chi connectivity index (χ3n) is 4.09. The number of sulfonamides is 1. The number of rotatable bonds is 8. The fraction of sp³-hybridized carbons (Fsp3) is 0.316. The lowest BCUT2D eigenvalue weighted by molar-refractivity contribution is -0.121. The summed E-state index contributed by atoms with van der Waals surface area (Å²) in [6.45, 7) is 2.21. The number of halogens is 1. The summed E-state index contributed by atoms with van der Waals surface area (Å²) in [5.74, 6) is -0.706. The van der Waals surface area contributed by atoms with Crippen LogP contribution in [-0.2, 0) is 27.8 Å². The van der Waals surface area contributed by atoms with Crippen molar-refractivity contribution >= 4 is 15.9 Å². The Kier molecular flexibility index (Phi) is 6.88. The van der Waals surface area contributed by atoms with Gasteiger partial charge in [0.25, 0.3) is 0 Å². The van der Waals surface area contributed by atoms with Gasteiger partial charge in [0.1, 0.15) is 5.82 Å². The first kappa shape index (κ1) is 20.1. The van der Waals surface area contributed by atoms with Gasteiger partial charge in [-0.3, -0.25) is 4.79 Å². The van der Waals surface area contributed by atoms with E-state index >= 15 is 0 Å². The maximum absolute atomic E-state index is 12.9. The van der Waals surface area contributed by atoms with Crippen LogP contribution < -0.4 is 5.32 Å². The summed E-state index contributed by atoms with van der Waals surface area (Å²) in [7, 11) is -3.53. The molecule has 0 radical (unpaired) electrons. The molecule has 2 aromatic rings. The molecule has 140 valence electrons. The topological polar surface area (TPSA) is 66.5 Å². The number of hydrogen-bond acceptors (Lipinski definition) is 3. The Morgan fingerprint density at radius 1 is 1.12 bits per heavy atom. The average Bonchev–Trinajstić information content (AvgIpc) is 2.58. The Hall–Kier alpha value is -2.25. The van der Waals surface area contributed by atoms with E-state index in [1.807, 2.05) is 31.2 Å². The summed E-state index contributed by atoms with van der Waals surface area (Å²) in [6.07, 6.45) is 1.48. The number of nitrogens with one attached hydrogen (secondary N) is 1. The molecule has 0 aliphatic rings. The van der Waals surface area contributed by atoms with Crippen molar-refractivity contribution in [2.24, 2.45) is 0 Å². The van der Waals surface area contributed by atoms with Gasteiger partial charge in [0.15, 0.2) is 0 Å². The van der Waals surface area contributed by atoms with E-state index < -0.39 is 10.0 Å². The smallest absolute Gasteiger partial charge is 0.235 e. The zero-order valence-corrected chi connectivity index (χ0v) is 15.7. The van der Waals surface area contributed by atoms with Gasteiger partial charge in [-0.2, -0.15) is 4.31 Å². The van der Waals surface area contributed by atoms with Crippen LogP contribution in [0.4, 0.5) is 4.39 Å². The van der Waals surface area contributed by atoms with E-state index in [1.54, 1.807) is 12.1 Å². The lowest BCUT2D eigenvalue weighted by Crippen LogP contribution is -2.41. The highest BCUT2D eigenvalue weighted by molar-refractivity contribution is 7.88. The zero-order chi connectivity index (χ0) is 19.2. The molecule has 0 heterocycles. The predicted octanol–water partition coefficient (Wildman–Crippen LogP) is 2.25. The monoisotopic (exact) mass is 378 g/mol. The molecule has 0 spiro atoms. The van der Waals surface area contributed by atoms with Crippen molar-refractivity contribution < 1.29 is 17.6 Å². The van der Waals surface area contributed by atoms with Crippen LogP contribution in [-0.4, -0.2) is 38.0 Å². The van der Waals surface area contributed by atoms with Crippen molar-refractivity contribution in [3.63, 3.8) is 0 Å². The predicted molar refractivity (Wildman–Crippen MR) is 99.5 cm³/mol. The molecule has 0 unspecified atom stereocenters. The van der Waals surface area contributed by atoms with Gasteiger partial charge in [-0.1, -0.05) is 36.4 Å². The first-order valence-corrected chi connectivity index (χ1v) is 10.1. The Labute approximate surface area is 153 Å². The largest absolute Gasteiger partial charge is 0.351 e. The molecule has 0 atom stereocenters. The Morgan fingerprint density at radius 2 is 1.77 bits per heavy atom. The van der Waals surface area contributed by atoms with Gasteiger partial charge < -0.3 is 5.32 Å². The Balaban J connectivity index is 1.93. The second-order valence-corrected chi connectivity index (χ2v) is 8.16. The summed E-state index contributed by atoms with van der Waals surface area (Å²) in [5.41, 5.74) is 2.85. The molecule has 0 saturated heterocycles. The van der Waals surface area contributed by atoms with E-state index in [1.165, 1.54) is 12.1 Å². The molecule has 0 saturated carbocycles. The van der Waals surface area contributed by atoms with Crippen LogP contribution in [0.1, 0.15) is 16.7 Å². The third kappa shape index (κ3) is 6.24. The highest BCUT2D eigenvalue weighted by Crippen LogP contribution is 2.08. The van der Waals surface area contributed by atoms with Crippen LogP contribution in [0.5, 0.6) is 0 Å². The summed E-state index contributed by atoms with van der Waals surface area (Å²) >= 11 is 0. The first-order valence-electron chi connectivity index (χ1n) is 8.26. The minimum absolute atomic E-state index is 0.155. The SMILES string of the molecule is Cc1ccccc1CNC(=O)CN(CCc1ccc(F)cc1)S(C)(=O)=O. The molecule has 0 aliphatic carbocycles. The molecular formula is C19H23FN2O3S. The van der Waals surface area contributed by atoms with Crippen LogP contribution in [0.2, 0.25) is 0 Å². The molecule has 7 heteroatoms. The molecule has 1 amide bonds. The lowest BCUT2D eigenvalue weighted by Gasteiger charge is -2.19. The second kappa shape index (κ2) is 8.91. The number of aryl methyl sites for hydroxylation is 1. The lowest BCUT2D eigenvalue weighted by atomic mass is 10.1. The molecule has 0 bridgehead atoms. The summed E-state index contributed by atoms with van der Waals surface area (Å²) < 4.78 is 38.0. The number of benzene rings is 2. The number of hydrogen-bond donors (Lipinski definition) is 1. The Bertz CT molecular complexity index is 851. The maximum Gasteiger partial charge on any atom is 0.235 e. The molecular weight excluding hydrogens is 355 g/mol. The van der Waals surface area contributed by atoms with Gasteiger partial charge in [0.2, 0.25) is 15.9 Å². The summed E-state index contributed by atoms with van der Waals surface area (Å²) in [5, 5.41) is 2.75. The van der Waals surface area contributed by atoms with E-state index in [2.05, 4.69) is 5.32 Å². The maximum atomic E-state index is 12.9. The average molecular weight is 378 g/mol. The minimum atomic E-state index is -3.53. The van der Waals surface area contributed by atoms with E-state index in [9.17, 15) is 17.6 Å². The number of carbonyl (C=O) groups is 1. The second-order valence-electron chi connectivity index (χ2n) is 6.18. The standard InChI is InChI=1S/C19H23FN2O3S/c1-15-5-3-4-6-17(15)13-21-19(23)14-22(26(2,24)25)12-11-16-7-9-18(20)10-8-16/h3-10H,11-14H2,1-2H3,(H,21,23). The van der Waals surface area contributed by atoms with Crippen LogP contribution in [0.15, 0.2) is 48.5 Å². The van der Waals surface area contributed by atoms with Gasteiger partial charge in [0.05, 0.1) is 12.8 Å². The van der Waals surface area contributed by atoms with E-state index in [0.29, 0.717) is 13.0 Å². The van der Waals surface area contributed by atoms with Crippen molar-refractivity contribution in [2.75, 3.05) is 19.3 Å². The fourth-order valence-corrected chi connectivity index (χ4v) is 3.26. The number of carbonyl (C=O) groups excluding carboxylic acids is 1. The molecule has 0 aromatic heterocycles. The minimum Gasteiger partial charge on any atom is -0.351 e. The molecule has 0 fully saturated rings. The van der Waals surface area contributed by atoms with Crippen molar-refractivity contribution in [1.82, 2.24) is 9.62 Å². The van der Waals surface area contributed by atoms with E-state index in [0.717, 1.165) is 27.3 Å². The van der Waals surface area contributed by atoms with Gasteiger partial charge >= 0.3 is 0 Å². The Morgan fingerprint density at radius 3 is 2.38 bits per heavy atom. The van der Waals surface area contributed by atoms with Gasteiger partial charge in [-0.15, -0.1) is 0 Å². The molecule has 0 aliphatic heterocycles. The highest BCUT2D eigenvalue weighted by Gasteiger charge is 2.20. The normalized spacial score (nSPS) is 11.5. The number of amides is 1. The van der Waals surface area contributed by atoms with Crippen molar-refractivity contribution in [3.8, 4) is 0 Å². The highest BCUT2D eigenvalue weighted by atomic mass is 32.2. The van der Waals surface area contributed by atoms with Crippen molar-refractivity contribution in [2.45, 2.75) is 19.9 Å². The molecule has 1 N–H and O–H groups in total. The van der Waals surface area contributed by atoms with Gasteiger partial charge in [0, 0.05) is 13.1 Å². The quantitative estimate of drug-likeness (QED) is 0.766. The van der Waals surface area contributed by atoms with Crippen molar-refractivity contribution in [3.05, 3.63) is 71.0 Å². The van der Waals surface area contributed by atoms with Crippen LogP contribution in [0, 0.1) is 12.7 Å². The van der Waals surface area contributed by atoms with Gasteiger partial charge in [-0.05, 0) is 42.2 Å². The van der Waals surface area contributed by atoms with Crippen molar-refractivity contribution in [1.29, 1.82) is 0 Å². The van der Waals surface area contributed by atoms with Crippen LogP contribution in [0.25, 0.3) is 0 Å². The molecule has 26 heavy (non-hydrogen) atoms. The number of nitrogens with zero attached hydrogens (tertiary/aromatic N) is 1. The molecule has 2 rings (SSSR count). The molecule has 5 nitrogen and oxygen atoms in total. The van der Waals surface area contributed by atoms with Gasteiger partial charge in [-0.25, -0.2) is 12.8 Å². The van der Waals surface area contributed by atoms with Crippen LogP contribution in [0.3, 0.4) is 0 Å². The van der Waals surface area contributed by atoms with E-state index in [4.69, 9.17) is 0 Å². The third-order valence-corrected chi connectivity index (χ3v) is 5.34. The fourth-order valence-electron chi connectivity index (χ4n) is 2.49.